The molecule has 1 saturated heterocycles. The Morgan fingerprint density at radius 1 is 1.16 bits per heavy atom. The lowest BCUT2D eigenvalue weighted by Crippen LogP contribution is -2.52. The van der Waals surface area contributed by atoms with Crippen LogP contribution in [0.2, 0.25) is 0 Å². The van der Waals surface area contributed by atoms with Gasteiger partial charge in [0.15, 0.2) is 0 Å². The predicted octanol–water partition coefficient (Wildman–Crippen LogP) is 3.74. The molecule has 3 atom stereocenters. The molecule has 0 aliphatic carbocycles. The fourth-order valence-corrected chi connectivity index (χ4v) is 4.55. The van der Waals surface area contributed by atoms with Gasteiger partial charge in [0.1, 0.15) is 0 Å². The highest BCUT2D eigenvalue weighted by Gasteiger charge is 2.30. The van der Waals surface area contributed by atoms with Gasteiger partial charge in [0.05, 0.1) is 23.5 Å². The van der Waals surface area contributed by atoms with Crippen LogP contribution in [0.15, 0.2) is 12.1 Å². The Bertz CT molecular complexity index is 870. The highest BCUT2D eigenvalue weighted by molar-refractivity contribution is 7.90. The van der Waals surface area contributed by atoms with Crippen LogP contribution in [-0.4, -0.2) is 50.9 Å². The number of morpholine rings is 1. The predicted molar refractivity (Wildman–Crippen MR) is 127 cm³/mol. The van der Waals surface area contributed by atoms with Crippen LogP contribution in [0.5, 0.6) is 0 Å². The topological polar surface area (TPSA) is 87.7 Å². The van der Waals surface area contributed by atoms with Crippen molar-refractivity contribution in [2.75, 3.05) is 23.3 Å². The minimum atomic E-state index is -3.24. The summed E-state index contributed by atoms with van der Waals surface area (Å²) in [4.78, 5) is 14.8. The molecule has 0 saturated carbocycles. The third kappa shape index (κ3) is 6.92. The number of rotatable bonds is 9. The van der Waals surface area contributed by atoms with Gasteiger partial charge in [0, 0.05) is 30.9 Å². The van der Waals surface area contributed by atoms with Gasteiger partial charge in [-0.25, -0.2) is 13.1 Å². The summed E-state index contributed by atoms with van der Waals surface area (Å²) in [6.07, 6.45) is 1.95. The lowest BCUT2D eigenvalue weighted by molar-refractivity contribution is -0.116. The van der Waals surface area contributed by atoms with Gasteiger partial charge in [-0.3, -0.25) is 4.79 Å². The van der Waals surface area contributed by atoms with Crippen LogP contribution in [0.25, 0.3) is 0 Å². The first-order valence-electron chi connectivity index (χ1n) is 11.2. The number of nitrogens with zero attached hydrogens (tertiary/aromatic N) is 1. The largest absolute Gasteiger partial charge is 0.372 e. The molecule has 1 unspecified atom stereocenters. The summed E-state index contributed by atoms with van der Waals surface area (Å²) in [5.41, 5.74) is 4.16. The first kappa shape index (κ1) is 25.6. The average molecular weight is 454 g/mol. The summed E-state index contributed by atoms with van der Waals surface area (Å²) >= 11 is 0. The number of unbranched alkanes of at least 4 members (excludes halogenated alkanes) is 1. The summed E-state index contributed by atoms with van der Waals surface area (Å²) in [6, 6.07) is 4.46. The highest BCUT2D eigenvalue weighted by Crippen LogP contribution is 2.32. The Hall–Kier alpha value is -1.64. The lowest BCUT2D eigenvalue weighted by atomic mass is 10.0. The number of anilines is 2. The molecule has 1 aromatic carbocycles. The summed E-state index contributed by atoms with van der Waals surface area (Å²) < 4.78 is 32.0. The monoisotopic (exact) mass is 453 g/mol. The number of sulfonamides is 1. The maximum absolute atomic E-state index is 12.4. The Labute approximate surface area is 188 Å². The van der Waals surface area contributed by atoms with Crippen molar-refractivity contribution in [2.45, 2.75) is 91.2 Å². The zero-order chi connectivity index (χ0) is 23.3. The summed E-state index contributed by atoms with van der Waals surface area (Å²) in [5.74, 6) is -0.0519. The first-order chi connectivity index (χ1) is 14.4. The van der Waals surface area contributed by atoms with E-state index in [1.54, 1.807) is 13.8 Å². The number of carbonyl (C=O) groups excluding carboxylic acids is 1. The molecule has 176 valence electrons. The van der Waals surface area contributed by atoms with Gasteiger partial charge in [0.25, 0.3) is 0 Å². The number of ether oxygens (including phenoxy) is 1. The molecule has 0 aromatic heterocycles. The molecule has 1 amide bonds. The van der Waals surface area contributed by atoms with Gasteiger partial charge in [-0.1, -0.05) is 0 Å². The van der Waals surface area contributed by atoms with E-state index in [-0.39, 0.29) is 24.2 Å². The fourth-order valence-electron chi connectivity index (χ4n) is 3.79. The van der Waals surface area contributed by atoms with E-state index < -0.39 is 15.3 Å². The molecule has 1 heterocycles. The van der Waals surface area contributed by atoms with Crippen molar-refractivity contribution in [1.29, 1.82) is 0 Å². The molecule has 7 nitrogen and oxygen atoms in total. The second kappa shape index (κ2) is 10.8. The standard InChI is InChI=1S/C23H39N3O4S/c1-15(2)31(28,29)24-11-9-8-10-23(27)25-21-12-17(4)22(13-16(21)3)26-14-18(5)30-20(7)19(26)6/h12-13,15,18-20,24H,8-11,14H2,1-7H3,(H,25,27)/t18-,19?,20+/m0/s1. The maximum Gasteiger partial charge on any atom is 0.224 e. The molecule has 31 heavy (non-hydrogen) atoms. The van der Waals surface area contributed by atoms with E-state index in [9.17, 15) is 13.2 Å². The number of benzene rings is 1. The summed E-state index contributed by atoms with van der Waals surface area (Å²) in [5, 5.41) is 2.57. The number of hydrogen-bond donors (Lipinski definition) is 2. The van der Waals surface area contributed by atoms with Crippen molar-refractivity contribution in [2.24, 2.45) is 0 Å². The van der Waals surface area contributed by atoms with Gasteiger partial charge in [-0.05, 0) is 84.6 Å². The quantitative estimate of drug-likeness (QED) is 0.556. The molecule has 0 spiro atoms. The van der Waals surface area contributed by atoms with Crippen LogP contribution in [0.4, 0.5) is 11.4 Å². The van der Waals surface area contributed by atoms with E-state index in [1.165, 1.54) is 5.69 Å². The van der Waals surface area contributed by atoms with E-state index in [1.807, 2.05) is 13.0 Å². The van der Waals surface area contributed by atoms with Gasteiger partial charge < -0.3 is 15.0 Å². The molecular weight excluding hydrogens is 414 g/mol. The van der Waals surface area contributed by atoms with Crippen LogP contribution in [0.3, 0.4) is 0 Å². The van der Waals surface area contributed by atoms with Crippen LogP contribution in [0, 0.1) is 13.8 Å². The lowest BCUT2D eigenvalue weighted by Gasteiger charge is -2.43. The Balaban J connectivity index is 1.93. The first-order valence-corrected chi connectivity index (χ1v) is 12.8. The molecule has 2 rings (SSSR count). The van der Waals surface area contributed by atoms with E-state index in [0.717, 1.165) is 23.4 Å². The van der Waals surface area contributed by atoms with Crippen molar-refractivity contribution in [3.63, 3.8) is 0 Å². The van der Waals surface area contributed by atoms with Crippen LogP contribution in [-0.2, 0) is 19.6 Å². The molecule has 1 fully saturated rings. The van der Waals surface area contributed by atoms with Crippen LogP contribution < -0.4 is 14.9 Å². The van der Waals surface area contributed by atoms with Crippen molar-refractivity contribution < 1.29 is 17.9 Å². The van der Waals surface area contributed by atoms with Gasteiger partial charge >= 0.3 is 0 Å². The molecular formula is C23H39N3O4S. The number of aryl methyl sites for hydroxylation is 2. The summed E-state index contributed by atoms with van der Waals surface area (Å²) in [7, 11) is -3.24. The maximum atomic E-state index is 12.4. The van der Waals surface area contributed by atoms with Crippen molar-refractivity contribution in [1.82, 2.24) is 4.72 Å². The van der Waals surface area contributed by atoms with E-state index in [2.05, 4.69) is 48.7 Å². The van der Waals surface area contributed by atoms with Gasteiger partial charge in [-0.2, -0.15) is 0 Å². The molecule has 8 heteroatoms. The van der Waals surface area contributed by atoms with E-state index in [0.29, 0.717) is 25.8 Å². The van der Waals surface area contributed by atoms with E-state index >= 15 is 0 Å². The number of nitrogens with one attached hydrogen (secondary N) is 2. The third-order valence-corrected chi connectivity index (χ3v) is 7.80. The fraction of sp³-hybridized carbons (Fsp3) is 0.696. The number of hydrogen-bond acceptors (Lipinski definition) is 5. The second-order valence-electron chi connectivity index (χ2n) is 8.99. The average Bonchev–Trinajstić information content (AvgIpc) is 2.67. The smallest absolute Gasteiger partial charge is 0.224 e. The molecule has 1 aromatic rings. The molecule has 2 N–H and O–H groups in total. The highest BCUT2D eigenvalue weighted by atomic mass is 32.2. The van der Waals surface area contributed by atoms with Crippen molar-refractivity contribution in [3.05, 3.63) is 23.3 Å². The molecule has 0 radical (unpaired) electrons. The van der Waals surface area contributed by atoms with Crippen LogP contribution in [0.1, 0.15) is 65.0 Å². The van der Waals surface area contributed by atoms with Gasteiger partial charge in [-0.15, -0.1) is 0 Å². The zero-order valence-electron chi connectivity index (χ0n) is 20.0. The second-order valence-corrected chi connectivity index (χ2v) is 11.3. The van der Waals surface area contributed by atoms with Crippen LogP contribution >= 0.6 is 0 Å². The molecule has 0 bridgehead atoms. The zero-order valence-corrected chi connectivity index (χ0v) is 20.8. The Morgan fingerprint density at radius 3 is 2.48 bits per heavy atom. The number of amides is 1. The van der Waals surface area contributed by atoms with Gasteiger partial charge in [0.2, 0.25) is 15.9 Å². The van der Waals surface area contributed by atoms with Crippen molar-refractivity contribution in [3.8, 4) is 0 Å². The van der Waals surface area contributed by atoms with E-state index in [4.69, 9.17) is 4.74 Å². The minimum absolute atomic E-state index is 0.0519. The normalized spacial score (nSPS) is 22.1. The minimum Gasteiger partial charge on any atom is -0.372 e. The SMILES string of the molecule is Cc1cc(N2C[C@H](C)O[C@H](C)C2C)c(C)cc1NC(=O)CCCCNS(=O)(=O)C(C)C. The Morgan fingerprint density at radius 2 is 1.84 bits per heavy atom. The number of carbonyl (C=O) groups is 1. The Kier molecular flexibility index (Phi) is 8.92. The molecule has 1 aliphatic heterocycles. The third-order valence-electron chi connectivity index (χ3n) is 5.95. The molecule has 1 aliphatic rings. The van der Waals surface area contributed by atoms with Crippen molar-refractivity contribution >= 4 is 27.3 Å². The summed E-state index contributed by atoms with van der Waals surface area (Å²) in [6.45, 7) is 15.0.